The van der Waals surface area contributed by atoms with Crippen LogP contribution in [0.1, 0.15) is 38.7 Å². The summed E-state index contributed by atoms with van der Waals surface area (Å²) in [7, 11) is -1.79. The van der Waals surface area contributed by atoms with E-state index in [1.54, 1.807) is 24.3 Å². The molecule has 1 unspecified atom stereocenters. The van der Waals surface area contributed by atoms with Crippen molar-refractivity contribution >= 4 is 24.2 Å². The summed E-state index contributed by atoms with van der Waals surface area (Å²) in [6, 6.07) is 32.1. The molecule has 0 aliphatic carbocycles. The van der Waals surface area contributed by atoms with Crippen LogP contribution in [0.2, 0.25) is 0 Å². The number of carbonyl (C=O) groups is 1. The lowest BCUT2D eigenvalue weighted by atomic mass is 9.91. The average Bonchev–Trinajstić information content (AvgIpc) is 2.84. The van der Waals surface area contributed by atoms with Crippen LogP contribution in [0.4, 0.5) is 0 Å². The van der Waals surface area contributed by atoms with Crippen molar-refractivity contribution in [1.82, 2.24) is 0 Å². The van der Waals surface area contributed by atoms with Crippen LogP contribution in [0, 0.1) is 20.8 Å². The van der Waals surface area contributed by atoms with Crippen molar-refractivity contribution in [3.05, 3.63) is 131 Å². The van der Waals surface area contributed by atoms with Gasteiger partial charge < -0.3 is 9.67 Å². The maximum atomic E-state index is 12.3. The van der Waals surface area contributed by atoms with Crippen LogP contribution in [0.5, 0.6) is 0 Å². The molecule has 0 heterocycles. The Kier molecular flexibility index (Phi) is 8.54. The van der Waals surface area contributed by atoms with E-state index in [1.807, 2.05) is 99.6 Å². The van der Waals surface area contributed by atoms with Gasteiger partial charge in [-0.15, -0.1) is 0 Å². The molecule has 4 aromatic rings. The molecule has 168 valence electrons. The van der Waals surface area contributed by atoms with Gasteiger partial charge in [0.15, 0.2) is 5.78 Å². The Morgan fingerprint density at radius 1 is 0.697 bits per heavy atom. The Morgan fingerprint density at radius 2 is 1.09 bits per heavy atom. The molecule has 0 saturated carbocycles. The SMILES string of the molecule is Cc1cc(C)c(C(O)C(=O)c2ccccc2)c(C)c1.O=[PH](c1ccccc1)c1ccccc1. The summed E-state index contributed by atoms with van der Waals surface area (Å²) < 4.78 is 12.0. The summed E-state index contributed by atoms with van der Waals surface area (Å²) >= 11 is 0. The van der Waals surface area contributed by atoms with Gasteiger partial charge in [0, 0.05) is 16.2 Å². The molecule has 0 radical (unpaired) electrons. The van der Waals surface area contributed by atoms with Gasteiger partial charge in [0.2, 0.25) is 0 Å². The lowest BCUT2D eigenvalue weighted by molar-refractivity contribution is 0.0745. The number of ketones is 1. The number of aliphatic hydroxyl groups excluding tert-OH is 1. The predicted molar refractivity (Wildman–Crippen MR) is 138 cm³/mol. The van der Waals surface area contributed by atoms with Crippen molar-refractivity contribution in [3.63, 3.8) is 0 Å². The van der Waals surface area contributed by atoms with Gasteiger partial charge in [-0.3, -0.25) is 4.79 Å². The van der Waals surface area contributed by atoms with E-state index in [2.05, 4.69) is 0 Å². The zero-order valence-electron chi connectivity index (χ0n) is 19.2. The summed E-state index contributed by atoms with van der Waals surface area (Å²) in [5, 5.41) is 12.2. The minimum Gasteiger partial charge on any atom is -0.380 e. The molecule has 0 fully saturated rings. The Morgan fingerprint density at radius 3 is 1.52 bits per heavy atom. The molecule has 0 bridgehead atoms. The van der Waals surface area contributed by atoms with Gasteiger partial charge in [0.05, 0.1) is 0 Å². The van der Waals surface area contributed by atoms with E-state index in [-0.39, 0.29) is 5.78 Å². The van der Waals surface area contributed by atoms with Crippen LogP contribution < -0.4 is 10.6 Å². The smallest absolute Gasteiger partial charge is 0.195 e. The van der Waals surface area contributed by atoms with Crippen molar-refractivity contribution in [2.45, 2.75) is 26.9 Å². The Labute approximate surface area is 196 Å². The summed E-state index contributed by atoms with van der Waals surface area (Å²) in [5.41, 5.74) is 4.30. The van der Waals surface area contributed by atoms with E-state index in [0.717, 1.165) is 32.9 Å². The van der Waals surface area contributed by atoms with Crippen LogP contribution in [0.25, 0.3) is 0 Å². The Bertz CT molecular complexity index is 1160. The number of aliphatic hydroxyl groups is 1. The summed E-state index contributed by atoms with van der Waals surface area (Å²) in [5.74, 6) is -0.254. The number of hydrogen-bond acceptors (Lipinski definition) is 3. The predicted octanol–water partition coefficient (Wildman–Crippen LogP) is 5.73. The van der Waals surface area contributed by atoms with Crippen LogP contribution in [0.15, 0.2) is 103 Å². The topological polar surface area (TPSA) is 54.4 Å². The van der Waals surface area contributed by atoms with Gasteiger partial charge in [-0.05, 0) is 37.5 Å². The quantitative estimate of drug-likeness (QED) is 0.308. The van der Waals surface area contributed by atoms with Crippen LogP contribution in [-0.2, 0) is 4.57 Å². The summed E-state index contributed by atoms with van der Waals surface area (Å²) in [6.45, 7) is 5.86. The second kappa shape index (κ2) is 11.6. The summed E-state index contributed by atoms with van der Waals surface area (Å²) in [6.07, 6.45) is -1.09. The fourth-order valence-electron chi connectivity index (χ4n) is 3.86. The molecule has 4 rings (SSSR count). The van der Waals surface area contributed by atoms with E-state index in [0.29, 0.717) is 5.56 Å². The van der Waals surface area contributed by atoms with Crippen LogP contribution in [-0.4, -0.2) is 10.9 Å². The van der Waals surface area contributed by atoms with E-state index in [1.165, 1.54) is 0 Å². The molecule has 1 N–H and O–H groups in total. The first-order chi connectivity index (χ1) is 15.9. The molecule has 3 nitrogen and oxygen atoms in total. The molecule has 4 aromatic carbocycles. The van der Waals surface area contributed by atoms with Gasteiger partial charge in [-0.25, -0.2) is 0 Å². The van der Waals surface area contributed by atoms with Crippen molar-refractivity contribution < 1.29 is 14.5 Å². The highest BCUT2D eigenvalue weighted by molar-refractivity contribution is 7.61. The fourth-order valence-corrected chi connectivity index (χ4v) is 5.18. The third-order valence-corrected chi connectivity index (χ3v) is 7.11. The van der Waals surface area contributed by atoms with Crippen molar-refractivity contribution in [3.8, 4) is 0 Å². The number of aryl methyl sites for hydroxylation is 3. The standard InChI is InChI=1S/C17H18O2.C12H11OP/c1-11-9-12(2)15(13(3)10-11)17(19)16(18)14-7-5-4-6-8-14;13-14(11-7-3-1-4-8-11)12-9-5-2-6-10-12/h4-10,17,19H,1-3H3;1-10,14H. The normalized spacial score (nSPS) is 11.4. The number of rotatable bonds is 5. The van der Waals surface area contributed by atoms with E-state index in [4.69, 9.17) is 0 Å². The molecule has 1 atom stereocenters. The zero-order chi connectivity index (χ0) is 23.8. The first-order valence-corrected chi connectivity index (χ1v) is 12.3. The Hall–Kier alpha value is -3.26. The Balaban J connectivity index is 0.000000194. The molecule has 0 saturated heterocycles. The second-order valence-corrected chi connectivity index (χ2v) is 9.82. The van der Waals surface area contributed by atoms with Gasteiger partial charge in [0.1, 0.15) is 13.9 Å². The minimum absolute atomic E-state index is 0.254. The number of carbonyl (C=O) groups excluding carboxylic acids is 1. The molecular formula is C29H29O3P. The zero-order valence-corrected chi connectivity index (χ0v) is 20.2. The highest BCUT2D eigenvalue weighted by Gasteiger charge is 2.22. The molecule has 0 spiro atoms. The monoisotopic (exact) mass is 456 g/mol. The fraction of sp³-hybridized carbons (Fsp3) is 0.138. The highest BCUT2D eigenvalue weighted by atomic mass is 31.1. The van der Waals surface area contributed by atoms with Crippen molar-refractivity contribution in [2.24, 2.45) is 0 Å². The largest absolute Gasteiger partial charge is 0.380 e. The van der Waals surface area contributed by atoms with Gasteiger partial charge in [-0.2, -0.15) is 0 Å². The maximum absolute atomic E-state index is 12.3. The molecule has 0 aliphatic heterocycles. The third-order valence-electron chi connectivity index (χ3n) is 5.39. The molecule has 33 heavy (non-hydrogen) atoms. The number of benzene rings is 4. The molecule has 0 aromatic heterocycles. The first kappa shape index (κ1) is 24.4. The van der Waals surface area contributed by atoms with E-state index < -0.39 is 13.9 Å². The minimum atomic E-state index is -1.79. The highest BCUT2D eigenvalue weighted by Crippen LogP contribution is 2.26. The van der Waals surface area contributed by atoms with E-state index in [9.17, 15) is 14.5 Å². The molecule has 0 amide bonds. The van der Waals surface area contributed by atoms with Crippen LogP contribution >= 0.6 is 7.80 Å². The third kappa shape index (κ3) is 6.38. The molecule has 4 heteroatoms. The number of Topliss-reactive ketones (excluding diaryl/α,β-unsaturated/α-hetero) is 1. The van der Waals surface area contributed by atoms with Gasteiger partial charge in [0.25, 0.3) is 0 Å². The molecular weight excluding hydrogens is 427 g/mol. The maximum Gasteiger partial charge on any atom is 0.195 e. The number of hydrogen-bond donors (Lipinski definition) is 1. The van der Waals surface area contributed by atoms with Crippen molar-refractivity contribution in [2.75, 3.05) is 0 Å². The first-order valence-electron chi connectivity index (χ1n) is 10.9. The summed E-state index contributed by atoms with van der Waals surface area (Å²) in [4.78, 5) is 12.3. The average molecular weight is 457 g/mol. The van der Waals surface area contributed by atoms with Crippen LogP contribution in [0.3, 0.4) is 0 Å². The van der Waals surface area contributed by atoms with Gasteiger partial charge in [-0.1, -0.05) is 109 Å². The molecule has 0 aliphatic rings. The van der Waals surface area contributed by atoms with Crippen molar-refractivity contribution in [1.29, 1.82) is 0 Å². The van der Waals surface area contributed by atoms with Gasteiger partial charge >= 0.3 is 0 Å². The lowest BCUT2D eigenvalue weighted by Gasteiger charge is -2.16. The van der Waals surface area contributed by atoms with E-state index >= 15 is 0 Å². The lowest BCUT2D eigenvalue weighted by Crippen LogP contribution is -2.15. The second-order valence-electron chi connectivity index (χ2n) is 8.01.